The molecule has 0 saturated heterocycles. The van der Waals surface area contributed by atoms with E-state index < -0.39 is 5.82 Å². The molecule has 2 aromatic rings. The third-order valence-electron chi connectivity index (χ3n) is 3.10. The molecule has 1 unspecified atom stereocenters. The smallest absolute Gasteiger partial charge is 0.145 e. The van der Waals surface area contributed by atoms with E-state index >= 15 is 0 Å². The highest BCUT2D eigenvalue weighted by atomic mass is 35.5. The second kappa shape index (κ2) is 5.91. The molecule has 100 valence electrons. The van der Waals surface area contributed by atoms with Gasteiger partial charge in [-0.3, -0.25) is 0 Å². The van der Waals surface area contributed by atoms with E-state index in [2.05, 4.69) is 0 Å². The molecule has 19 heavy (non-hydrogen) atoms. The van der Waals surface area contributed by atoms with Gasteiger partial charge in [-0.25, -0.2) is 4.39 Å². The second-order valence-electron chi connectivity index (χ2n) is 4.53. The molecule has 0 bridgehead atoms. The molecule has 0 aliphatic carbocycles. The molecule has 0 aromatic heterocycles. The van der Waals surface area contributed by atoms with Crippen LogP contribution in [-0.2, 0) is 6.42 Å². The normalized spacial score (nSPS) is 12.5. The van der Waals surface area contributed by atoms with Gasteiger partial charge in [-0.1, -0.05) is 47.5 Å². The van der Waals surface area contributed by atoms with Gasteiger partial charge in [-0.15, -0.1) is 0 Å². The summed E-state index contributed by atoms with van der Waals surface area (Å²) in [7, 11) is 0. The molecule has 0 aliphatic rings. The third kappa shape index (κ3) is 3.27. The van der Waals surface area contributed by atoms with Crippen LogP contribution in [0.3, 0.4) is 0 Å². The Kier molecular flexibility index (Phi) is 4.46. The van der Waals surface area contributed by atoms with Crippen LogP contribution in [0.5, 0.6) is 0 Å². The zero-order chi connectivity index (χ0) is 14.0. The zero-order valence-corrected chi connectivity index (χ0v) is 12.0. The standard InChI is InChI=1S/C15H14Cl2FN/c1-9-5-6-10(7-13(9)17)14(19)8-11-3-2-4-12(16)15(11)18/h2-7,14H,8,19H2,1H3. The molecule has 0 heterocycles. The molecule has 2 aromatic carbocycles. The minimum Gasteiger partial charge on any atom is -0.324 e. The van der Waals surface area contributed by atoms with Gasteiger partial charge in [0.25, 0.3) is 0 Å². The summed E-state index contributed by atoms with van der Waals surface area (Å²) in [6, 6.07) is 10.3. The summed E-state index contributed by atoms with van der Waals surface area (Å²) in [4.78, 5) is 0. The number of hydrogen-bond acceptors (Lipinski definition) is 1. The van der Waals surface area contributed by atoms with Gasteiger partial charge in [0.05, 0.1) is 5.02 Å². The first-order valence-electron chi connectivity index (χ1n) is 5.93. The fourth-order valence-corrected chi connectivity index (χ4v) is 2.28. The predicted octanol–water partition coefficient (Wildman–Crippen LogP) is 4.68. The lowest BCUT2D eigenvalue weighted by molar-refractivity contribution is 0.594. The Morgan fingerprint density at radius 2 is 1.89 bits per heavy atom. The highest BCUT2D eigenvalue weighted by molar-refractivity contribution is 6.31. The van der Waals surface area contributed by atoms with Crippen molar-refractivity contribution in [1.82, 2.24) is 0 Å². The first-order valence-corrected chi connectivity index (χ1v) is 6.69. The van der Waals surface area contributed by atoms with Crippen molar-refractivity contribution in [3.63, 3.8) is 0 Å². The molecule has 2 N–H and O–H groups in total. The molecular weight excluding hydrogens is 284 g/mol. The van der Waals surface area contributed by atoms with Crippen LogP contribution in [0.15, 0.2) is 36.4 Å². The van der Waals surface area contributed by atoms with Crippen LogP contribution in [0.1, 0.15) is 22.7 Å². The lowest BCUT2D eigenvalue weighted by atomic mass is 9.98. The van der Waals surface area contributed by atoms with Gasteiger partial charge in [0.2, 0.25) is 0 Å². The summed E-state index contributed by atoms with van der Waals surface area (Å²) in [6.45, 7) is 1.92. The molecule has 1 atom stereocenters. The van der Waals surface area contributed by atoms with Crippen LogP contribution in [-0.4, -0.2) is 0 Å². The predicted molar refractivity (Wildman–Crippen MR) is 78.2 cm³/mol. The van der Waals surface area contributed by atoms with E-state index in [1.165, 1.54) is 6.07 Å². The molecule has 0 aliphatic heterocycles. The van der Waals surface area contributed by atoms with Crippen molar-refractivity contribution < 1.29 is 4.39 Å². The summed E-state index contributed by atoms with van der Waals surface area (Å²) in [5.74, 6) is -0.405. The first-order chi connectivity index (χ1) is 8.99. The maximum Gasteiger partial charge on any atom is 0.145 e. The molecule has 0 fully saturated rings. The van der Waals surface area contributed by atoms with Crippen LogP contribution < -0.4 is 5.73 Å². The Bertz CT molecular complexity index is 599. The zero-order valence-electron chi connectivity index (χ0n) is 10.5. The van der Waals surface area contributed by atoms with Crippen molar-refractivity contribution in [2.75, 3.05) is 0 Å². The highest BCUT2D eigenvalue weighted by Gasteiger charge is 2.13. The monoisotopic (exact) mass is 297 g/mol. The topological polar surface area (TPSA) is 26.0 Å². The van der Waals surface area contributed by atoms with Crippen molar-refractivity contribution in [2.45, 2.75) is 19.4 Å². The fraction of sp³-hybridized carbons (Fsp3) is 0.200. The van der Waals surface area contributed by atoms with E-state index in [1.54, 1.807) is 12.1 Å². The lowest BCUT2D eigenvalue weighted by Gasteiger charge is -2.14. The average molecular weight is 298 g/mol. The highest BCUT2D eigenvalue weighted by Crippen LogP contribution is 2.25. The third-order valence-corrected chi connectivity index (χ3v) is 3.79. The van der Waals surface area contributed by atoms with Gasteiger partial charge in [0.15, 0.2) is 0 Å². The van der Waals surface area contributed by atoms with Gasteiger partial charge in [0, 0.05) is 11.1 Å². The summed E-state index contributed by atoms with van der Waals surface area (Å²) in [5.41, 5.74) is 8.48. The van der Waals surface area contributed by atoms with Gasteiger partial charge in [-0.05, 0) is 42.2 Å². The number of benzene rings is 2. The van der Waals surface area contributed by atoms with Crippen LogP contribution in [0, 0.1) is 12.7 Å². The molecule has 4 heteroatoms. The van der Waals surface area contributed by atoms with E-state index in [0.29, 0.717) is 17.0 Å². The van der Waals surface area contributed by atoms with E-state index in [-0.39, 0.29) is 11.1 Å². The van der Waals surface area contributed by atoms with Crippen molar-refractivity contribution in [2.24, 2.45) is 5.73 Å². The molecule has 0 radical (unpaired) electrons. The van der Waals surface area contributed by atoms with Gasteiger partial charge < -0.3 is 5.73 Å². The summed E-state index contributed by atoms with van der Waals surface area (Å²) >= 11 is 11.8. The van der Waals surface area contributed by atoms with Gasteiger partial charge in [-0.2, -0.15) is 0 Å². The van der Waals surface area contributed by atoms with E-state index in [0.717, 1.165) is 11.1 Å². The maximum absolute atomic E-state index is 13.8. The lowest BCUT2D eigenvalue weighted by Crippen LogP contribution is -2.14. The minimum absolute atomic E-state index is 0.117. The Hall–Kier alpha value is -1.09. The maximum atomic E-state index is 13.8. The fourth-order valence-electron chi connectivity index (χ4n) is 1.90. The number of hydrogen-bond donors (Lipinski definition) is 1. The molecular formula is C15H14Cl2FN. The number of aryl methyl sites for hydroxylation is 1. The van der Waals surface area contributed by atoms with E-state index in [9.17, 15) is 4.39 Å². The summed E-state index contributed by atoms with van der Waals surface area (Å²) < 4.78 is 13.8. The number of rotatable bonds is 3. The Morgan fingerprint density at radius 1 is 1.16 bits per heavy atom. The number of nitrogens with two attached hydrogens (primary N) is 1. The van der Waals surface area contributed by atoms with Crippen molar-refractivity contribution >= 4 is 23.2 Å². The SMILES string of the molecule is Cc1ccc(C(N)Cc2cccc(Cl)c2F)cc1Cl. The Labute approximate surface area is 122 Å². The van der Waals surface area contributed by atoms with Crippen molar-refractivity contribution in [3.8, 4) is 0 Å². The van der Waals surface area contributed by atoms with Gasteiger partial charge in [0.1, 0.15) is 5.82 Å². The quantitative estimate of drug-likeness (QED) is 0.874. The molecule has 1 nitrogen and oxygen atoms in total. The first kappa shape index (κ1) is 14.3. The van der Waals surface area contributed by atoms with Crippen LogP contribution >= 0.6 is 23.2 Å². The van der Waals surface area contributed by atoms with E-state index in [4.69, 9.17) is 28.9 Å². The Morgan fingerprint density at radius 3 is 2.58 bits per heavy atom. The molecule has 0 spiro atoms. The van der Waals surface area contributed by atoms with Crippen LogP contribution in [0.2, 0.25) is 10.0 Å². The largest absolute Gasteiger partial charge is 0.324 e. The molecule has 2 rings (SSSR count). The minimum atomic E-state index is -0.405. The van der Waals surface area contributed by atoms with Crippen LogP contribution in [0.4, 0.5) is 4.39 Å². The van der Waals surface area contributed by atoms with Gasteiger partial charge >= 0.3 is 0 Å². The molecule has 0 saturated carbocycles. The summed E-state index contributed by atoms with van der Waals surface area (Å²) in [6.07, 6.45) is 0.381. The molecule has 0 amide bonds. The average Bonchev–Trinajstić information content (AvgIpc) is 2.38. The summed E-state index contributed by atoms with van der Waals surface area (Å²) in [5, 5.41) is 0.783. The number of halogens is 3. The van der Waals surface area contributed by atoms with Crippen molar-refractivity contribution in [1.29, 1.82) is 0 Å². The Balaban J connectivity index is 2.23. The van der Waals surface area contributed by atoms with Crippen LogP contribution in [0.25, 0.3) is 0 Å². The van der Waals surface area contributed by atoms with Crippen molar-refractivity contribution in [3.05, 3.63) is 69.0 Å². The second-order valence-corrected chi connectivity index (χ2v) is 5.35. The van der Waals surface area contributed by atoms with E-state index in [1.807, 2.05) is 25.1 Å².